The van der Waals surface area contributed by atoms with Crippen molar-refractivity contribution in [3.8, 4) is 0 Å². The smallest absolute Gasteiger partial charge is 0.114 e. The molecule has 0 aromatic carbocycles. The topological polar surface area (TPSA) is 6.48 Å². The molecule has 0 aromatic rings. The van der Waals surface area contributed by atoms with Crippen molar-refractivity contribution in [2.24, 2.45) is 0 Å². The van der Waals surface area contributed by atoms with Crippen LogP contribution in [0.4, 0.5) is 4.39 Å². The molecule has 0 amide bonds. The summed E-state index contributed by atoms with van der Waals surface area (Å²) in [5.41, 5.74) is 0. The maximum Gasteiger partial charge on any atom is 0.114 e. The van der Waals surface area contributed by atoms with E-state index in [0.717, 1.165) is 26.1 Å². The van der Waals surface area contributed by atoms with Crippen molar-refractivity contribution >= 4 is 0 Å². The molecule has 0 aromatic heterocycles. The number of alkyl halides is 1. The molecule has 0 spiro atoms. The van der Waals surface area contributed by atoms with E-state index in [1.165, 1.54) is 0 Å². The van der Waals surface area contributed by atoms with E-state index in [0.29, 0.717) is 6.54 Å². The third-order valence-electron chi connectivity index (χ3n) is 2.08. The Balaban J connectivity index is 2.08. The standard InChI is InChI=1S/C8H17FN2/c1-10(2)5-6-11-4-3-8(9)7-11/h8H,3-7H2,1-2H3. The molecule has 1 aliphatic rings. The zero-order chi connectivity index (χ0) is 8.27. The van der Waals surface area contributed by atoms with E-state index in [1.54, 1.807) is 0 Å². The highest BCUT2D eigenvalue weighted by Gasteiger charge is 2.20. The molecule has 1 saturated heterocycles. The van der Waals surface area contributed by atoms with E-state index in [9.17, 15) is 4.39 Å². The molecule has 1 unspecified atom stereocenters. The number of hydrogen-bond acceptors (Lipinski definition) is 2. The maximum atomic E-state index is 12.6. The number of likely N-dealkylation sites (N-methyl/N-ethyl adjacent to an activating group) is 1. The van der Waals surface area contributed by atoms with Gasteiger partial charge in [-0.2, -0.15) is 0 Å². The van der Waals surface area contributed by atoms with E-state index >= 15 is 0 Å². The summed E-state index contributed by atoms with van der Waals surface area (Å²) in [7, 11) is 4.09. The van der Waals surface area contributed by atoms with Gasteiger partial charge in [0.2, 0.25) is 0 Å². The van der Waals surface area contributed by atoms with Gasteiger partial charge >= 0.3 is 0 Å². The first-order valence-corrected chi connectivity index (χ1v) is 4.19. The minimum absolute atomic E-state index is 0.572. The molecule has 1 aliphatic heterocycles. The van der Waals surface area contributed by atoms with Gasteiger partial charge in [-0.15, -0.1) is 0 Å². The summed E-state index contributed by atoms with van der Waals surface area (Å²) in [6.07, 6.45) is 0.158. The normalized spacial score (nSPS) is 26.7. The van der Waals surface area contributed by atoms with Gasteiger partial charge in [0.25, 0.3) is 0 Å². The third-order valence-corrected chi connectivity index (χ3v) is 2.08. The number of nitrogens with zero attached hydrogens (tertiary/aromatic N) is 2. The highest BCUT2D eigenvalue weighted by molar-refractivity contribution is 4.74. The molecule has 0 saturated carbocycles. The van der Waals surface area contributed by atoms with Crippen LogP contribution in [0.5, 0.6) is 0 Å². The third kappa shape index (κ3) is 3.16. The Hall–Kier alpha value is -0.150. The Bertz CT molecular complexity index is 117. The molecule has 11 heavy (non-hydrogen) atoms. The Labute approximate surface area is 68.0 Å². The summed E-state index contributed by atoms with van der Waals surface area (Å²) in [6.45, 7) is 3.63. The summed E-state index contributed by atoms with van der Waals surface area (Å²) in [6, 6.07) is 0. The summed E-state index contributed by atoms with van der Waals surface area (Å²) >= 11 is 0. The lowest BCUT2D eigenvalue weighted by Crippen LogP contribution is -2.30. The van der Waals surface area contributed by atoms with Crippen molar-refractivity contribution < 1.29 is 4.39 Å². The first kappa shape index (κ1) is 8.94. The molecule has 0 bridgehead atoms. The number of likely N-dealkylation sites (tertiary alicyclic amines) is 1. The fraction of sp³-hybridized carbons (Fsp3) is 1.00. The second kappa shape index (κ2) is 4.02. The zero-order valence-corrected chi connectivity index (χ0v) is 7.39. The van der Waals surface area contributed by atoms with Crippen molar-refractivity contribution in [3.63, 3.8) is 0 Å². The molecule has 1 rings (SSSR count). The quantitative estimate of drug-likeness (QED) is 0.596. The molecule has 0 aliphatic carbocycles. The average molecular weight is 160 g/mol. The monoisotopic (exact) mass is 160 g/mol. The summed E-state index contributed by atoms with van der Waals surface area (Å²) in [4.78, 5) is 4.32. The van der Waals surface area contributed by atoms with Gasteiger partial charge in [0, 0.05) is 26.2 Å². The number of halogens is 1. The minimum Gasteiger partial charge on any atom is -0.308 e. The van der Waals surface area contributed by atoms with Gasteiger partial charge in [-0.05, 0) is 20.5 Å². The van der Waals surface area contributed by atoms with Crippen LogP contribution in [0.3, 0.4) is 0 Å². The van der Waals surface area contributed by atoms with Crippen molar-refractivity contribution in [1.82, 2.24) is 9.80 Å². The van der Waals surface area contributed by atoms with E-state index in [2.05, 4.69) is 9.80 Å². The minimum atomic E-state index is -0.572. The van der Waals surface area contributed by atoms with Crippen LogP contribution in [0.25, 0.3) is 0 Å². The molecule has 3 heteroatoms. The Kier molecular flexibility index (Phi) is 3.27. The largest absolute Gasteiger partial charge is 0.308 e. The maximum absolute atomic E-state index is 12.6. The van der Waals surface area contributed by atoms with Crippen LogP contribution in [0.15, 0.2) is 0 Å². The summed E-state index contributed by atoms with van der Waals surface area (Å²) in [5, 5.41) is 0. The van der Waals surface area contributed by atoms with Gasteiger partial charge in [-0.25, -0.2) is 4.39 Å². The lowest BCUT2D eigenvalue weighted by molar-refractivity contribution is 0.258. The van der Waals surface area contributed by atoms with Gasteiger partial charge in [-0.3, -0.25) is 4.90 Å². The Morgan fingerprint density at radius 2 is 2.27 bits per heavy atom. The second-order valence-electron chi connectivity index (χ2n) is 3.49. The molecular formula is C8H17FN2. The SMILES string of the molecule is CN(C)CCN1CCC(F)C1. The molecular weight excluding hydrogens is 143 g/mol. The first-order valence-electron chi connectivity index (χ1n) is 4.19. The Morgan fingerprint density at radius 3 is 2.73 bits per heavy atom. The van der Waals surface area contributed by atoms with E-state index in [4.69, 9.17) is 0 Å². The molecule has 1 heterocycles. The molecule has 0 radical (unpaired) electrons. The summed E-state index contributed by atoms with van der Waals surface area (Å²) < 4.78 is 12.6. The molecule has 1 fully saturated rings. The van der Waals surface area contributed by atoms with E-state index in [-0.39, 0.29) is 0 Å². The van der Waals surface area contributed by atoms with Crippen LogP contribution in [0.2, 0.25) is 0 Å². The first-order chi connectivity index (χ1) is 5.18. The van der Waals surface area contributed by atoms with Crippen LogP contribution in [0.1, 0.15) is 6.42 Å². The summed E-state index contributed by atoms with van der Waals surface area (Å²) in [5.74, 6) is 0. The van der Waals surface area contributed by atoms with Gasteiger partial charge in [0.1, 0.15) is 6.17 Å². The zero-order valence-electron chi connectivity index (χ0n) is 7.39. The fourth-order valence-corrected chi connectivity index (χ4v) is 1.33. The molecule has 66 valence electrons. The van der Waals surface area contributed by atoms with Crippen molar-refractivity contribution in [2.45, 2.75) is 12.6 Å². The van der Waals surface area contributed by atoms with E-state index in [1.807, 2.05) is 14.1 Å². The highest BCUT2D eigenvalue weighted by Crippen LogP contribution is 2.10. The van der Waals surface area contributed by atoms with E-state index < -0.39 is 6.17 Å². The average Bonchev–Trinajstić information content (AvgIpc) is 2.31. The fourth-order valence-electron chi connectivity index (χ4n) is 1.33. The molecule has 0 N–H and O–H groups in total. The van der Waals surface area contributed by atoms with Crippen LogP contribution in [-0.2, 0) is 0 Å². The van der Waals surface area contributed by atoms with Crippen molar-refractivity contribution in [2.75, 3.05) is 40.3 Å². The van der Waals surface area contributed by atoms with Gasteiger partial charge < -0.3 is 4.90 Å². The van der Waals surface area contributed by atoms with Gasteiger partial charge in [0.05, 0.1) is 0 Å². The number of hydrogen-bond donors (Lipinski definition) is 0. The van der Waals surface area contributed by atoms with Crippen LogP contribution in [0, 0.1) is 0 Å². The van der Waals surface area contributed by atoms with Crippen LogP contribution in [-0.4, -0.2) is 56.2 Å². The van der Waals surface area contributed by atoms with Crippen LogP contribution >= 0.6 is 0 Å². The Morgan fingerprint density at radius 1 is 1.55 bits per heavy atom. The van der Waals surface area contributed by atoms with Crippen molar-refractivity contribution in [1.29, 1.82) is 0 Å². The second-order valence-corrected chi connectivity index (χ2v) is 3.49. The number of rotatable bonds is 3. The van der Waals surface area contributed by atoms with Crippen molar-refractivity contribution in [3.05, 3.63) is 0 Å². The van der Waals surface area contributed by atoms with Crippen LogP contribution < -0.4 is 0 Å². The lowest BCUT2D eigenvalue weighted by Gasteiger charge is -2.17. The molecule has 1 atom stereocenters. The van der Waals surface area contributed by atoms with Gasteiger partial charge in [0.15, 0.2) is 0 Å². The lowest BCUT2D eigenvalue weighted by atomic mass is 10.3. The predicted octanol–water partition coefficient (Wildman–Crippen LogP) is 0.592. The van der Waals surface area contributed by atoms with Gasteiger partial charge in [-0.1, -0.05) is 0 Å². The predicted molar refractivity (Wildman–Crippen MR) is 44.5 cm³/mol. The molecule has 2 nitrogen and oxygen atoms in total. The highest BCUT2D eigenvalue weighted by atomic mass is 19.1.